The molecule has 5 heteroatoms. The van der Waals surface area contributed by atoms with Crippen LogP contribution >= 0.6 is 0 Å². The lowest BCUT2D eigenvalue weighted by molar-refractivity contribution is 0.0689. The summed E-state index contributed by atoms with van der Waals surface area (Å²) in [4.78, 5) is 16.0. The van der Waals surface area contributed by atoms with Gasteiger partial charge < -0.3 is 9.84 Å². The topological polar surface area (TPSA) is 59.4 Å². The Bertz CT molecular complexity index is 737. The molecule has 1 heterocycles. The van der Waals surface area contributed by atoms with E-state index in [1.165, 1.54) is 12.1 Å². The Morgan fingerprint density at radius 3 is 2.48 bits per heavy atom. The van der Waals surface area contributed by atoms with Crippen molar-refractivity contribution in [2.75, 3.05) is 0 Å². The predicted molar refractivity (Wildman–Crippen MR) is 84.3 cm³/mol. The van der Waals surface area contributed by atoms with Crippen LogP contribution in [0.2, 0.25) is 0 Å². The zero-order valence-corrected chi connectivity index (χ0v) is 13.0. The highest BCUT2D eigenvalue weighted by molar-refractivity contribution is 5.91. The highest BCUT2D eigenvalue weighted by atomic mass is 19.1. The minimum absolute atomic E-state index is 0.0754. The van der Waals surface area contributed by atoms with Gasteiger partial charge in [-0.15, -0.1) is 0 Å². The lowest BCUT2D eigenvalue weighted by Gasteiger charge is -2.16. The number of carbonyl (C=O) groups is 1. The first-order valence-corrected chi connectivity index (χ1v) is 7.66. The fraction of sp³-hybridized carbons (Fsp3) is 0.333. The number of aromatic carboxylic acids is 1. The third kappa shape index (κ3) is 3.33. The molecule has 1 aromatic heterocycles. The van der Waals surface area contributed by atoms with Crippen LogP contribution in [0, 0.1) is 5.82 Å². The van der Waals surface area contributed by atoms with Crippen molar-refractivity contribution in [1.29, 1.82) is 0 Å². The second-order valence-corrected chi connectivity index (χ2v) is 6.03. The van der Waals surface area contributed by atoms with Gasteiger partial charge in [0.25, 0.3) is 0 Å². The van der Waals surface area contributed by atoms with Crippen LogP contribution in [0.1, 0.15) is 48.5 Å². The first-order valence-electron chi connectivity index (χ1n) is 7.66. The van der Waals surface area contributed by atoms with Crippen LogP contribution in [0.25, 0.3) is 11.3 Å². The van der Waals surface area contributed by atoms with E-state index >= 15 is 0 Å². The maximum Gasteiger partial charge on any atom is 0.341 e. The van der Waals surface area contributed by atoms with Crippen molar-refractivity contribution >= 4 is 5.97 Å². The summed E-state index contributed by atoms with van der Waals surface area (Å²) < 4.78 is 18.8. The molecular formula is C18H18FNO3. The van der Waals surface area contributed by atoms with Crippen molar-refractivity contribution in [1.82, 2.24) is 4.98 Å². The van der Waals surface area contributed by atoms with Crippen LogP contribution in [0.5, 0.6) is 5.88 Å². The van der Waals surface area contributed by atoms with E-state index in [0.717, 1.165) is 24.0 Å². The van der Waals surface area contributed by atoms with Gasteiger partial charge in [0.05, 0.1) is 11.8 Å². The average molecular weight is 315 g/mol. The number of rotatable bonds is 5. The minimum atomic E-state index is -1.05. The van der Waals surface area contributed by atoms with Gasteiger partial charge in [-0.2, -0.15) is 0 Å². The van der Waals surface area contributed by atoms with Crippen molar-refractivity contribution in [3.05, 3.63) is 47.3 Å². The Morgan fingerprint density at radius 2 is 1.96 bits per heavy atom. The molecule has 1 aliphatic rings. The number of ether oxygens (including phenoxy) is 1. The number of carboxylic acids is 1. The van der Waals surface area contributed by atoms with Gasteiger partial charge in [-0.3, -0.25) is 0 Å². The maximum atomic E-state index is 13.2. The van der Waals surface area contributed by atoms with Gasteiger partial charge in [0.15, 0.2) is 0 Å². The predicted octanol–water partition coefficient (Wildman–Crippen LogP) is 4.25. The van der Waals surface area contributed by atoms with Crippen molar-refractivity contribution < 1.29 is 19.0 Å². The Balaban J connectivity index is 2.16. The molecule has 0 amide bonds. The first kappa shape index (κ1) is 15.5. The van der Waals surface area contributed by atoms with E-state index in [2.05, 4.69) is 4.98 Å². The number of benzene rings is 1. The summed E-state index contributed by atoms with van der Waals surface area (Å²) >= 11 is 0. The van der Waals surface area contributed by atoms with Crippen LogP contribution in [0.15, 0.2) is 30.3 Å². The molecule has 0 aliphatic heterocycles. The fourth-order valence-electron chi connectivity index (χ4n) is 2.52. The highest BCUT2D eigenvalue weighted by Crippen LogP contribution is 2.45. The Hall–Kier alpha value is -2.43. The summed E-state index contributed by atoms with van der Waals surface area (Å²) in [5.41, 5.74) is 2.41. The fourth-order valence-corrected chi connectivity index (χ4v) is 2.52. The molecule has 1 N–H and O–H groups in total. The summed E-state index contributed by atoms with van der Waals surface area (Å²) in [5.74, 6) is -0.951. The van der Waals surface area contributed by atoms with Crippen LogP contribution in [-0.4, -0.2) is 22.2 Å². The van der Waals surface area contributed by atoms with Crippen molar-refractivity contribution in [2.45, 2.75) is 38.7 Å². The molecule has 2 aromatic rings. The van der Waals surface area contributed by atoms with Gasteiger partial charge >= 0.3 is 5.97 Å². The average Bonchev–Trinajstić information content (AvgIpc) is 3.31. The summed E-state index contributed by atoms with van der Waals surface area (Å²) in [6.45, 7) is 3.64. The molecule has 1 aliphatic carbocycles. The van der Waals surface area contributed by atoms with Crippen molar-refractivity contribution in [3.63, 3.8) is 0 Å². The van der Waals surface area contributed by atoms with Gasteiger partial charge in [-0.1, -0.05) is 0 Å². The van der Waals surface area contributed by atoms with E-state index in [4.69, 9.17) is 4.74 Å². The molecule has 0 bridgehead atoms. The molecule has 23 heavy (non-hydrogen) atoms. The molecule has 3 rings (SSSR count). The van der Waals surface area contributed by atoms with Gasteiger partial charge in [0, 0.05) is 5.56 Å². The van der Waals surface area contributed by atoms with E-state index < -0.39 is 5.97 Å². The number of halogens is 1. The molecule has 4 nitrogen and oxygen atoms in total. The third-order valence-corrected chi connectivity index (χ3v) is 3.73. The molecule has 1 aromatic carbocycles. The number of hydrogen-bond acceptors (Lipinski definition) is 3. The molecule has 1 saturated carbocycles. The standard InChI is InChI=1S/C18H18FNO3/c1-10(2)23-17-15(18(21)22)9-14(11-3-4-11)16(20-17)12-5-7-13(19)8-6-12/h5-11H,3-4H2,1-2H3,(H,21,22). The van der Waals surface area contributed by atoms with E-state index in [9.17, 15) is 14.3 Å². The molecule has 0 saturated heterocycles. The lowest BCUT2D eigenvalue weighted by atomic mass is 10.00. The molecule has 0 spiro atoms. The maximum absolute atomic E-state index is 13.2. The van der Waals surface area contributed by atoms with E-state index in [0.29, 0.717) is 11.6 Å². The van der Waals surface area contributed by atoms with Gasteiger partial charge in [0.2, 0.25) is 5.88 Å². The summed E-state index contributed by atoms with van der Waals surface area (Å²) in [6.07, 6.45) is 1.84. The quantitative estimate of drug-likeness (QED) is 0.896. The second kappa shape index (κ2) is 5.99. The molecule has 0 atom stereocenters. The first-order chi connectivity index (χ1) is 11.0. The van der Waals surface area contributed by atoms with Gasteiger partial charge in [-0.25, -0.2) is 14.2 Å². The minimum Gasteiger partial charge on any atom is -0.477 e. The second-order valence-electron chi connectivity index (χ2n) is 6.03. The van der Waals surface area contributed by atoms with E-state index in [1.54, 1.807) is 18.2 Å². The zero-order valence-electron chi connectivity index (χ0n) is 13.0. The summed E-state index contributed by atoms with van der Waals surface area (Å²) in [7, 11) is 0. The summed E-state index contributed by atoms with van der Waals surface area (Å²) in [6, 6.07) is 7.72. The Kier molecular flexibility index (Phi) is 4.03. The molecule has 120 valence electrons. The van der Waals surface area contributed by atoms with Gasteiger partial charge in [0.1, 0.15) is 11.4 Å². The lowest BCUT2D eigenvalue weighted by Crippen LogP contribution is -2.13. The van der Waals surface area contributed by atoms with E-state index in [1.807, 2.05) is 13.8 Å². The number of aromatic nitrogens is 1. The van der Waals surface area contributed by atoms with Gasteiger partial charge in [-0.05, 0) is 68.5 Å². The normalized spacial score (nSPS) is 14.1. The number of pyridine rings is 1. The van der Waals surface area contributed by atoms with E-state index in [-0.39, 0.29) is 23.4 Å². The smallest absolute Gasteiger partial charge is 0.341 e. The number of carboxylic acid groups (broad SMARTS) is 1. The molecule has 0 unspecified atom stereocenters. The largest absolute Gasteiger partial charge is 0.477 e. The highest BCUT2D eigenvalue weighted by Gasteiger charge is 2.30. The number of nitrogens with zero attached hydrogens (tertiary/aromatic N) is 1. The van der Waals surface area contributed by atoms with Crippen molar-refractivity contribution in [3.8, 4) is 17.1 Å². The molecule has 0 radical (unpaired) electrons. The molecular weight excluding hydrogens is 297 g/mol. The Morgan fingerprint density at radius 1 is 1.30 bits per heavy atom. The summed E-state index contributed by atoms with van der Waals surface area (Å²) in [5, 5.41) is 9.43. The monoisotopic (exact) mass is 315 g/mol. The third-order valence-electron chi connectivity index (χ3n) is 3.73. The molecule has 1 fully saturated rings. The zero-order chi connectivity index (χ0) is 16.6. The van der Waals surface area contributed by atoms with Crippen LogP contribution in [-0.2, 0) is 0 Å². The van der Waals surface area contributed by atoms with Crippen LogP contribution in [0.4, 0.5) is 4.39 Å². The Labute approximate surface area is 133 Å². The number of hydrogen-bond donors (Lipinski definition) is 1. The SMILES string of the molecule is CC(C)Oc1nc(-c2ccc(F)cc2)c(C2CC2)cc1C(=O)O. The van der Waals surface area contributed by atoms with Crippen molar-refractivity contribution in [2.24, 2.45) is 0 Å². The van der Waals surface area contributed by atoms with Crippen LogP contribution < -0.4 is 4.74 Å². The van der Waals surface area contributed by atoms with Crippen LogP contribution in [0.3, 0.4) is 0 Å².